The zero-order valence-corrected chi connectivity index (χ0v) is 19.3. The highest BCUT2D eigenvalue weighted by Gasteiger charge is 2.39. The standard InChI is InChI=1S/C26H31N3O4/c1-4-16(2)22(29-26(31)33-15-17-10-6-5-7-11-17)24-23-19(14-21(28-24)25(30)32-3)18-12-8-9-13-20(18)27-23/h5-13,16,21-22,24,27-28H,4,14-15H2,1-3H3,(H,29,31)/t16-,21-,22+,24-/m0/s1. The minimum Gasteiger partial charge on any atom is -0.468 e. The van der Waals surface area contributed by atoms with E-state index in [0.717, 1.165) is 34.1 Å². The van der Waals surface area contributed by atoms with Gasteiger partial charge in [-0.15, -0.1) is 0 Å². The second-order valence-corrected chi connectivity index (χ2v) is 8.60. The fourth-order valence-corrected chi connectivity index (χ4v) is 4.56. The Labute approximate surface area is 193 Å². The van der Waals surface area contributed by atoms with Crippen LogP contribution in [0.3, 0.4) is 0 Å². The van der Waals surface area contributed by atoms with Crippen LogP contribution >= 0.6 is 0 Å². The zero-order chi connectivity index (χ0) is 23.4. The number of para-hydroxylation sites is 1. The third-order valence-electron chi connectivity index (χ3n) is 6.55. The number of methoxy groups -OCH3 is 1. The highest BCUT2D eigenvalue weighted by molar-refractivity contribution is 5.87. The molecule has 3 N–H and O–H groups in total. The van der Waals surface area contributed by atoms with Crippen LogP contribution in [0.2, 0.25) is 0 Å². The van der Waals surface area contributed by atoms with Gasteiger partial charge in [0.05, 0.1) is 19.2 Å². The number of hydrogen-bond donors (Lipinski definition) is 3. The van der Waals surface area contributed by atoms with Gasteiger partial charge in [0.15, 0.2) is 0 Å². The Morgan fingerprint density at radius 2 is 1.85 bits per heavy atom. The Morgan fingerprint density at radius 1 is 1.12 bits per heavy atom. The van der Waals surface area contributed by atoms with Gasteiger partial charge in [0.25, 0.3) is 0 Å². The molecule has 0 fully saturated rings. The van der Waals surface area contributed by atoms with E-state index in [4.69, 9.17) is 9.47 Å². The molecule has 0 unspecified atom stereocenters. The van der Waals surface area contributed by atoms with Gasteiger partial charge in [-0.3, -0.25) is 10.1 Å². The number of aromatic amines is 1. The fourth-order valence-electron chi connectivity index (χ4n) is 4.56. The van der Waals surface area contributed by atoms with Gasteiger partial charge in [-0.25, -0.2) is 4.79 Å². The molecule has 174 valence electrons. The molecule has 0 radical (unpaired) electrons. The zero-order valence-electron chi connectivity index (χ0n) is 19.3. The number of H-pyrrole nitrogens is 1. The van der Waals surface area contributed by atoms with Crippen molar-refractivity contribution in [3.63, 3.8) is 0 Å². The predicted octanol–water partition coefficient (Wildman–Crippen LogP) is 4.24. The van der Waals surface area contributed by atoms with Crippen molar-refractivity contribution in [3.8, 4) is 0 Å². The number of benzene rings is 2. The first-order valence-electron chi connectivity index (χ1n) is 11.4. The molecular weight excluding hydrogens is 418 g/mol. The van der Waals surface area contributed by atoms with E-state index in [1.807, 2.05) is 48.5 Å². The topological polar surface area (TPSA) is 92.5 Å². The molecule has 0 saturated carbocycles. The van der Waals surface area contributed by atoms with Crippen molar-refractivity contribution < 1.29 is 19.1 Å². The lowest BCUT2D eigenvalue weighted by atomic mass is 9.84. The summed E-state index contributed by atoms with van der Waals surface area (Å²) in [6, 6.07) is 16.5. The number of aromatic nitrogens is 1. The quantitative estimate of drug-likeness (QED) is 0.469. The maximum absolute atomic E-state index is 12.8. The number of carbonyl (C=O) groups excluding carboxylic acids is 2. The Hall–Kier alpha value is -3.32. The lowest BCUT2D eigenvalue weighted by Gasteiger charge is -2.37. The van der Waals surface area contributed by atoms with Crippen LogP contribution in [0.15, 0.2) is 54.6 Å². The van der Waals surface area contributed by atoms with E-state index in [2.05, 4.69) is 35.5 Å². The molecule has 0 aliphatic carbocycles. The molecule has 0 saturated heterocycles. The second-order valence-electron chi connectivity index (χ2n) is 8.60. The molecule has 0 spiro atoms. The van der Waals surface area contributed by atoms with E-state index in [-0.39, 0.29) is 30.6 Å². The smallest absolute Gasteiger partial charge is 0.407 e. The molecule has 1 aliphatic heterocycles. The van der Waals surface area contributed by atoms with Gasteiger partial charge in [0.1, 0.15) is 12.6 Å². The van der Waals surface area contributed by atoms with Gasteiger partial charge in [-0.2, -0.15) is 0 Å². The summed E-state index contributed by atoms with van der Waals surface area (Å²) in [4.78, 5) is 28.8. The van der Waals surface area contributed by atoms with E-state index < -0.39 is 12.1 Å². The van der Waals surface area contributed by atoms with Crippen molar-refractivity contribution in [2.75, 3.05) is 7.11 Å². The van der Waals surface area contributed by atoms with Crippen LogP contribution in [0.25, 0.3) is 10.9 Å². The number of fused-ring (bicyclic) bond motifs is 3. The number of alkyl carbamates (subject to hydrolysis) is 1. The SMILES string of the molecule is CC[C@H](C)[C@@H](NC(=O)OCc1ccccc1)[C@@H]1N[C@H](C(=O)OC)Cc2c1[nH]c1ccccc21. The van der Waals surface area contributed by atoms with Crippen LogP contribution in [0.1, 0.15) is 43.1 Å². The maximum Gasteiger partial charge on any atom is 0.407 e. The Bertz CT molecular complexity index is 1110. The molecule has 33 heavy (non-hydrogen) atoms. The molecule has 4 rings (SSSR count). The number of rotatable bonds is 7. The maximum atomic E-state index is 12.8. The van der Waals surface area contributed by atoms with Gasteiger partial charge in [0, 0.05) is 23.0 Å². The third kappa shape index (κ3) is 4.88. The van der Waals surface area contributed by atoms with Gasteiger partial charge in [-0.1, -0.05) is 68.8 Å². The molecule has 1 amide bonds. The lowest BCUT2D eigenvalue weighted by Crippen LogP contribution is -2.55. The van der Waals surface area contributed by atoms with E-state index in [1.165, 1.54) is 7.11 Å². The minimum absolute atomic E-state index is 0.127. The molecule has 1 aromatic heterocycles. The summed E-state index contributed by atoms with van der Waals surface area (Å²) in [5.74, 6) is -0.187. The number of hydrogen-bond acceptors (Lipinski definition) is 5. The van der Waals surface area contributed by atoms with Crippen molar-refractivity contribution in [1.82, 2.24) is 15.6 Å². The van der Waals surface area contributed by atoms with Gasteiger partial charge in [-0.05, 0) is 23.1 Å². The molecule has 7 nitrogen and oxygen atoms in total. The monoisotopic (exact) mass is 449 g/mol. The van der Waals surface area contributed by atoms with Crippen molar-refractivity contribution in [2.24, 2.45) is 5.92 Å². The number of ether oxygens (including phenoxy) is 2. The van der Waals surface area contributed by atoms with E-state index in [1.54, 1.807) is 0 Å². The van der Waals surface area contributed by atoms with Crippen LogP contribution in [0, 0.1) is 5.92 Å². The molecule has 0 bridgehead atoms. The minimum atomic E-state index is -0.500. The summed E-state index contributed by atoms with van der Waals surface area (Å²) in [7, 11) is 1.40. The highest BCUT2D eigenvalue weighted by atomic mass is 16.5. The number of esters is 1. The van der Waals surface area contributed by atoms with Crippen molar-refractivity contribution >= 4 is 23.0 Å². The average Bonchev–Trinajstić information content (AvgIpc) is 3.24. The molecule has 4 atom stereocenters. The predicted molar refractivity (Wildman–Crippen MR) is 127 cm³/mol. The van der Waals surface area contributed by atoms with Crippen LogP contribution in [-0.2, 0) is 27.3 Å². The number of amides is 1. The summed E-state index contributed by atoms with van der Waals surface area (Å²) < 4.78 is 10.6. The molecule has 1 aliphatic rings. The third-order valence-corrected chi connectivity index (χ3v) is 6.55. The number of carbonyl (C=O) groups is 2. The van der Waals surface area contributed by atoms with Crippen LogP contribution < -0.4 is 10.6 Å². The normalized spacial score (nSPS) is 19.4. The Kier molecular flexibility index (Phi) is 6.99. The van der Waals surface area contributed by atoms with Crippen LogP contribution in [0.4, 0.5) is 4.79 Å². The summed E-state index contributed by atoms with van der Waals surface area (Å²) in [5, 5.41) is 7.60. The highest BCUT2D eigenvalue weighted by Crippen LogP contribution is 2.35. The second kappa shape index (κ2) is 10.1. The van der Waals surface area contributed by atoms with E-state index in [0.29, 0.717) is 6.42 Å². The number of nitrogens with one attached hydrogen (secondary N) is 3. The average molecular weight is 450 g/mol. The lowest BCUT2D eigenvalue weighted by molar-refractivity contribution is -0.143. The summed E-state index contributed by atoms with van der Waals surface area (Å²) in [5.41, 5.74) is 4.00. The molecule has 3 aromatic rings. The van der Waals surface area contributed by atoms with Crippen LogP contribution in [0.5, 0.6) is 0 Å². The summed E-state index contributed by atoms with van der Waals surface area (Å²) in [6.45, 7) is 4.37. The first-order chi connectivity index (χ1) is 16.0. The molecule has 7 heteroatoms. The molecular formula is C26H31N3O4. The fraction of sp³-hybridized carbons (Fsp3) is 0.385. The Morgan fingerprint density at radius 3 is 2.58 bits per heavy atom. The van der Waals surface area contributed by atoms with E-state index in [9.17, 15) is 9.59 Å². The molecule has 2 aromatic carbocycles. The van der Waals surface area contributed by atoms with E-state index >= 15 is 0 Å². The summed E-state index contributed by atoms with van der Waals surface area (Å²) in [6.07, 6.45) is 0.887. The van der Waals surface area contributed by atoms with Crippen molar-refractivity contribution in [2.45, 2.75) is 51.4 Å². The largest absolute Gasteiger partial charge is 0.468 e. The van der Waals surface area contributed by atoms with Crippen LogP contribution in [-0.4, -0.2) is 36.2 Å². The van der Waals surface area contributed by atoms with Crippen molar-refractivity contribution in [3.05, 3.63) is 71.4 Å². The van der Waals surface area contributed by atoms with Gasteiger partial charge < -0.3 is 19.8 Å². The van der Waals surface area contributed by atoms with Gasteiger partial charge in [0.2, 0.25) is 0 Å². The van der Waals surface area contributed by atoms with Gasteiger partial charge >= 0.3 is 12.1 Å². The first-order valence-corrected chi connectivity index (χ1v) is 11.4. The Balaban J connectivity index is 1.63. The van der Waals surface area contributed by atoms with Crippen molar-refractivity contribution in [1.29, 1.82) is 0 Å². The summed E-state index contributed by atoms with van der Waals surface area (Å²) >= 11 is 0. The first kappa shape index (κ1) is 22.9. The molecule has 2 heterocycles.